The minimum Gasteiger partial charge on any atom is -0.356 e. The quantitative estimate of drug-likeness (QED) is 0.907. The SMILES string of the molecule is CCN(CC)c1cnc(C(=O)Nc2ccccc2)cn1. The lowest BCUT2D eigenvalue weighted by molar-refractivity contribution is 0.102. The molecule has 1 aromatic carbocycles. The van der Waals surface area contributed by atoms with Crippen molar-refractivity contribution in [3.05, 3.63) is 48.4 Å². The third kappa shape index (κ3) is 3.32. The molecule has 5 heteroatoms. The topological polar surface area (TPSA) is 58.1 Å². The van der Waals surface area contributed by atoms with Gasteiger partial charge in [0, 0.05) is 18.8 Å². The monoisotopic (exact) mass is 270 g/mol. The fraction of sp³-hybridized carbons (Fsp3) is 0.267. The van der Waals surface area contributed by atoms with Crippen LogP contribution in [0.15, 0.2) is 42.7 Å². The summed E-state index contributed by atoms with van der Waals surface area (Å²) in [5, 5.41) is 2.78. The largest absolute Gasteiger partial charge is 0.356 e. The Morgan fingerprint density at radius 2 is 1.80 bits per heavy atom. The summed E-state index contributed by atoms with van der Waals surface area (Å²) < 4.78 is 0. The Balaban J connectivity index is 2.08. The lowest BCUT2D eigenvalue weighted by Crippen LogP contribution is -2.23. The minimum absolute atomic E-state index is 0.255. The Kier molecular flexibility index (Phi) is 4.65. The van der Waals surface area contributed by atoms with Gasteiger partial charge < -0.3 is 10.2 Å². The Bertz CT molecular complexity index is 550. The molecule has 1 heterocycles. The molecule has 0 aliphatic heterocycles. The van der Waals surface area contributed by atoms with Gasteiger partial charge in [0.2, 0.25) is 0 Å². The molecule has 0 aliphatic carbocycles. The highest BCUT2D eigenvalue weighted by Crippen LogP contribution is 2.10. The smallest absolute Gasteiger partial charge is 0.275 e. The first-order chi connectivity index (χ1) is 9.74. The van der Waals surface area contributed by atoms with E-state index in [0.717, 1.165) is 24.6 Å². The van der Waals surface area contributed by atoms with E-state index in [4.69, 9.17) is 0 Å². The summed E-state index contributed by atoms with van der Waals surface area (Å²) in [6, 6.07) is 9.29. The van der Waals surface area contributed by atoms with E-state index in [1.165, 1.54) is 6.20 Å². The maximum atomic E-state index is 12.0. The average Bonchev–Trinajstić information content (AvgIpc) is 2.50. The highest BCUT2D eigenvalue weighted by molar-refractivity contribution is 6.02. The summed E-state index contributed by atoms with van der Waals surface area (Å²) in [6.45, 7) is 5.84. The van der Waals surface area contributed by atoms with Crippen molar-refractivity contribution in [2.45, 2.75) is 13.8 Å². The number of hydrogen-bond acceptors (Lipinski definition) is 4. The molecule has 1 aromatic heterocycles. The molecular weight excluding hydrogens is 252 g/mol. The van der Waals surface area contributed by atoms with E-state index in [9.17, 15) is 4.79 Å². The second kappa shape index (κ2) is 6.65. The number of aromatic nitrogens is 2. The molecule has 0 saturated heterocycles. The molecule has 0 saturated carbocycles. The van der Waals surface area contributed by atoms with Crippen LogP contribution in [0.4, 0.5) is 11.5 Å². The molecule has 0 radical (unpaired) electrons. The Morgan fingerprint density at radius 3 is 2.35 bits per heavy atom. The average molecular weight is 270 g/mol. The number of para-hydroxylation sites is 1. The van der Waals surface area contributed by atoms with Gasteiger partial charge in [-0.25, -0.2) is 9.97 Å². The van der Waals surface area contributed by atoms with Crippen LogP contribution in [0.3, 0.4) is 0 Å². The minimum atomic E-state index is -0.255. The molecule has 20 heavy (non-hydrogen) atoms. The second-order valence-electron chi connectivity index (χ2n) is 4.25. The zero-order chi connectivity index (χ0) is 14.4. The first kappa shape index (κ1) is 14.0. The molecular formula is C15H18N4O. The van der Waals surface area contributed by atoms with Gasteiger partial charge in [-0.05, 0) is 26.0 Å². The van der Waals surface area contributed by atoms with Gasteiger partial charge in [-0.15, -0.1) is 0 Å². The summed E-state index contributed by atoms with van der Waals surface area (Å²) in [6.07, 6.45) is 3.14. The first-order valence-corrected chi connectivity index (χ1v) is 6.68. The lowest BCUT2D eigenvalue weighted by Gasteiger charge is -2.18. The lowest BCUT2D eigenvalue weighted by atomic mass is 10.3. The van der Waals surface area contributed by atoms with Crippen molar-refractivity contribution in [3.63, 3.8) is 0 Å². The Hall–Kier alpha value is -2.43. The van der Waals surface area contributed by atoms with E-state index in [1.807, 2.05) is 30.3 Å². The molecule has 0 unspecified atom stereocenters. The fourth-order valence-electron chi connectivity index (χ4n) is 1.87. The van der Waals surface area contributed by atoms with E-state index in [-0.39, 0.29) is 5.91 Å². The molecule has 1 N–H and O–H groups in total. The van der Waals surface area contributed by atoms with E-state index in [1.54, 1.807) is 6.20 Å². The number of anilines is 2. The molecule has 104 valence electrons. The van der Waals surface area contributed by atoms with E-state index < -0.39 is 0 Å². The number of carbonyl (C=O) groups excluding carboxylic acids is 1. The van der Waals surface area contributed by atoms with Crippen molar-refractivity contribution in [2.75, 3.05) is 23.3 Å². The molecule has 2 aromatic rings. The number of nitrogens with zero attached hydrogens (tertiary/aromatic N) is 3. The molecule has 2 rings (SSSR count). The van der Waals surface area contributed by atoms with Crippen molar-refractivity contribution < 1.29 is 4.79 Å². The van der Waals surface area contributed by atoms with E-state index in [0.29, 0.717) is 5.69 Å². The number of amides is 1. The van der Waals surface area contributed by atoms with Crippen molar-refractivity contribution in [1.29, 1.82) is 0 Å². The van der Waals surface area contributed by atoms with Gasteiger partial charge in [0.05, 0.1) is 12.4 Å². The maximum Gasteiger partial charge on any atom is 0.275 e. The van der Waals surface area contributed by atoms with Crippen molar-refractivity contribution >= 4 is 17.4 Å². The van der Waals surface area contributed by atoms with Crippen molar-refractivity contribution in [1.82, 2.24) is 9.97 Å². The van der Waals surface area contributed by atoms with Crippen LogP contribution < -0.4 is 10.2 Å². The zero-order valence-electron chi connectivity index (χ0n) is 11.7. The molecule has 0 atom stereocenters. The van der Waals surface area contributed by atoms with Gasteiger partial charge in [-0.1, -0.05) is 18.2 Å². The molecule has 5 nitrogen and oxygen atoms in total. The van der Waals surface area contributed by atoms with Crippen LogP contribution in [-0.2, 0) is 0 Å². The normalized spacial score (nSPS) is 10.1. The van der Waals surface area contributed by atoms with Gasteiger partial charge in [-0.3, -0.25) is 4.79 Å². The predicted molar refractivity (Wildman–Crippen MR) is 80.0 cm³/mol. The molecule has 1 amide bonds. The maximum absolute atomic E-state index is 12.0. The first-order valence-electron chi connectivity index (χ1n) is 6.68. The van der Waals surface area contributed by atoms with Crippen LogP contribution in [0.25, 0.3) is 0 Å². The predicted octanol–water partition coefficient (Wildman–Crippen LogP) is 2.58. The van der Waals surface area contributed by atoms with Crippen molar-refractivity contribution in [2.24, 2.45) is 0 Å². The molecule has 0 spiro atoms. The van der Waals surface area contributed by atoms with Crippen LogP contribution in [-0.4, -0.2) is 29.0 Å². The standard InChI is InChI=1S/C15H18N4O/c1-3-19(4-2)14-11-16-13(10-17-14)15(20)18-12-8-6-5-7-9-12/h5-11H,3-4H2,1-2H3,(H,18,20). The number of hydrogen-bond donors (Lipinski definition) is 1. The third-order valence-electron chi connectivity index (χ3n) is 2.99. The summed E-state index contributed by atoms with van der Waals surface area (Å²) in [5.41, 5.74) is 1.05. The zero-order valence-corrected chi connectivity index (χ0v) is 11.7. The van der Waals surface area contributed by atoms with Gasteiger partial charge >= 0.3 is 0 Å². The highest BCUT2D eigenvalue weighted by atomic mass is 16.1. The molecule has 0 bridgehead atoms. The summed E-state index contributed by atoms with van der Waals surface area (Å²) in [4.78, 5) is 22.5. The Morgan fingerprint density at radius 1 is 1.10 bits per heavy atom. The molecule has 0 fully saturated rings. The highest BCUT2D eigenvalue weighted by Gasteiger charge is 2.10. The third-order valence-corrected chi connectivity index (χ3v) is 2.99. The number of nitrogens with one attached hydrogen (secondary N) is 1. The van der Waals surface area contributed by atoms with E-state index in [2.05, 4.69) is 34.0 Å². The van der Waals surface area contributed by atoms with Gasteiger partial charge in [-0.2, -0.15) is 0 Å². The van der Waals surface area contributed by atoms with Crippen molar-refractivity contribution in [3.8, 4) is 0 Å². The van der Waals surface area contributed by atoms with Gasteiger partial charge in [0.15, 0.2) is 0 Å². The van der Waals surface area contributed by atoms with Gasteiger partial charge in [0.1, 0.15) is 11.5 Å². The summed E-state index contributed by atoms with van der Waals surface area (Å²) >= 11 is 0. The van der Waals surface area contributed by atoms with Crippen LogP contribution in [0.1, 0.15) is 24.3 Å². The number of benzene rings is 1. The van der Waals surface area contributed by atoms with Crippen LogP contribution in [0.5, 0.6) is 0 Å². The number of rotatable bonds is 5. The Labute approximate surface area is 118 Å². The van der Waals surface area contributed by atoms with Crippen LogP contribution in [0.2, 0.25) is 0 Å². The molecule has 0 aliphatic rings. The van der Waals surface area contributed by atoms with Gasteiger partial charge in [0.25, 0.3) is 5.91 Å². The summed E-state index contributed by atoms with van der Waals surface area (Å²) in [7, 11) is 0. The number of carbonyl (C=O) groups is 1. The summed E-state index contributed by atoms with van der Waals surface area (Å²) in [5.74, 6) is 0.529. The fourth-order valence-corrected chi connectivity index (χ4v) is 1.87. The van der Waals surface area contributed by atoms with Crippen LogP contribution in [0, 0.1) is 0 Å². The second-order valence-corrected chi connectivity index (χ2v) is 4.25. The van der Waals surface area contributed by atoms with E-state index >= 15 is 0 Å². The van der Waals surface area contributed by atoms with Crippen LogP contribution >= 0.6 is 0 Å².